The van der Waals surface area contributed by atoms with Crippen molar-refractivity contribution in [1.29, 1.82) is 0 Å². The molecule has 2 aromatic carbocycles. The molecule has 0 heterocycles. The molecule has 134 valence electrons. The van der Waals surface area contributed by atoms with Gasteiger partial charge >= 0.3 is 5.97 Å². The summed E-state index contributed by atoms with van der Waals surface area (Å²) in [5.41, 5.74) is 1.54. The zero-order valence-electron chi connectivity index (χ0n) is 14.0. The van der Waals surface area contributed by atoms with Crippen LogP contribution in [0.25, 0.3) is 0 Å². The summed E-state index contributed by atoms with van der Waals surface area (Å²) in [6, 6.07) is 7.79. The molecule has 7 heteroatoms. The van der Waals surface area contributed by atoms with Crippen LogP contribution in [0.2, 0.25) is 0 Å². The van der Waals surface area contributed by atoms with Crippen molar-refractivity contribution < 1.29 is 19.7 Å². The van der Waals surface area contributed by atoms with Crippen molar-refractivity contribution in [3.05, 3.63) is 44.8 Å². The molecule has 0 fully saturated rings. The molecular formula is C18H19Br2NO4. The number of phenols is 1. The number of nitrogens with one attached hydrogen (secondary N) is 1. The summed E-state index contributed by atoms with van der Waals surface area (Å²) in [7, 11) is 0. The van der Waals surface area contributed by atoms with Gasteiger partial charge < -0.3 is 20.3 Å². The Hall–Kier alpha value is -1.73. The lowest BCUT2D eigenvalue weighted by Crippen LogP contribution is -2.25. The maximum Gasteiger partial charge on any atom is 0.325 e. The number of aromatic hydroxyl groups is 1. The fourth-order valence-electron chi connectivity index (χ4n) is 2.24. The van der Waals surface area contributed by atoms with Gasteiger partial charge in [0.1, 0.15) is 17.5 Å². The van der Waals surface area contributed by atoms with Gasteiger partial charge in [0.15, 0.2) is 5.75 Å². The molecule has 25 heavy (non-hydrogen) atoms. The lowest BCUT2D eigenvalue weighted by molar-refractivity contribution is -0.137. The molecule has 0 radical (unpaired) electrons. The van der Waals surface area contributed by atoms with Gasteiger partial charge in [-0.05, 0) is 75.0 Å². The fourth-order valence-corrected chi connectivity index (χ4v) is 3.59. The Bertz CT molecular complexity index is 770. The summed E-state index contributed by atoms with van der Waals surface area (Å²) in [6.07, 6.45) is 0. The van der Waals surface area contributed by atoms with Crippen LogP contribution in [-0.4, -0.2) is 22.2 Å². The molecule has 3 N–H and O–H groups in total. The van der Waals surface area contributed by atoms with Crippen LogP contribution in [0.4, 0.5) is 5.69 Å². The highest BCUT2D eigenvalue weighted by Crippen LogP contribution is 2.41. The number of carboxylic acid groups (broad SMARTS) is 1. The minimum absolute atomic E-state index is 0.178. The molecule has 2 aromatic rings. The monoisotopic (exact) mass is 471 g/mol. The van der Waals surface area contributed by atoms with E-state index in [-0.39, 0.29) is 11.7 Å². The molecule has 0 aliphatic heterocycles. The Morgan fingerprint density at radius 2 is 1.72 bits per heavy atom. The van der Waals surface area contributed by atoms with E-state index in [2.05, 4.69) is 37.2 Å². The molecule has 1 atom stereocenters. The number of hydrogen-bond acceptors (Lipinski definition) is 4. The van der Waals surface area contributed by atoms with E-state index in [1.807, 2.05) is 13.8 Å². The smallest absolute Gasteiger partial charge is 0.325 e. The standard InChI is InChI=1S/C18H19Br2NO4/c1-9(2)13-8-12(22)4-5-16(13)25-17-14(19)6-11(7-15(17)20)21-10(3)18(23)24/h4-10,21-22H,1-3H3,(H,23,24). The van der Waals surface area contributed by atoms with E-state index in [0.29, 0.717) is 26.1 Å². The first-order valence-corrected chi connectivity index (χ1v) is 9.26. The van der Waals surface area contributed by atoms with Crippen molar-refractivity contribution in [2.75, 3.05) is 5.32 Å². The number of rotatable bonds is 6. The molecule has 0 aliphatic carbocycles. The van der Waals surface area contributed by atoms with Gasteiger partial charge in [0.05, 0.1) is 8.95 Å². The third kappa shape index (κ3) is 4.89. The summed E-state index contributed by atoms with van der Waals surface area (Å²) in [4.78, 5) is 11.0. The van der Waals surface area contributed by atoms with Gasteiger partial charge in [-0.3, -0.25) is 4.79 Å². The molecule has 2 rings (SSSR count). The predicted octanol–water partition coefficient (Wildman–Crippen LogP) is 5.72. The van der Waals surface area contributed by atoms with E-state index in [1.165, 1.54) is 0 Å². The maximum absolute atomic E-state index is 11.0. The van der Waals surface area contributed by atoms with E-state index in [1.54, 1.807) is 37.3 Å². The second-order valence-electron chi connectivity index (χ2n) is 5.95. The molecule has 0 aromatic heterocycles. The minimum Gasteiger partial charge on any atom is -0.508 e. The van der Waals surface area contributed by atoms with Crippen LogP contribution in [0.1, 0.15) is 32.3 Å². The number of carboxylic acids is 1. The summed E-state index contributed by atoms with van der Waals surface area (Å²) in [6.45, 7) is 5.61. The van der Waals surface area contributed by atoms with Crippen molar-refractivity contribution in [1.82, 2.24) is 0 Å². The molecule has 0 bridgehead atoms. The average Bonchev–Trinajstić information content (AvgIpc) is 2.51. The van der Waals surface area contributed by atoms with E-state index in [0.717, 1.165) is 5.56 Å². The molecule has 0 spiro atoms. The Morgan fingerprint density at radius 1 is 1.12 bits per heavy atom. The maximum atomic E-state index is 11.0. The molecule has 0 saturated carbocycles. The van der Waals surface area contributed by atoms with E-state index in [9.17, 15) is 9.90 Å². The molecule has 0 saturated heterocycles. The Morgan fingerprint density at radius 3 is 2.24 bits per heavy atom. The quantitative estimate of drug-likeness (QED) is 0.501. The Kier molecular flexibility index (Phi) is 6.35. The van der Waals surface area contributed by atoms with Crippen LogP contribution >= 0.6 is 31.9 Å². The van der Waals surface area contributed by atoms with Crippen molar-refractivity contribution in [2.24, 2.45) is 0 Å². The highest BCUT2D eigenvalue weighted by molar-refractivity contribution is 9.11. The zero-order chi connectivity index (χ0) is 18.7. The molecule has 5 nitrogen and oxygen atoms in total. The van der Waals surface area contributed by atoms with Crippen LogP contribution in [0.5, 0.6) is 17.2 Å². The fraction of sp³-hybridized carbons (Fsp3) is 0.278. The summed E-state index contributed by atoms with van der Waals surface area (Å²) >= 11 is 6.93. The number of ether oxygens (including phenoxy) is 1. The third-order valence-electron chi connectivity index (χ3n) is 3.58. The van der Waals surface area contributed by atoms with Crippen LogP contribution in [0.15, 0.2) is 39.3 Å². The van der Waals surface area contributed by atoms with Gasteiger partial charge in [-0.15, -0.1) is 0 Å². The predicted molar refractivity (Wildman–Crippen MR) is 105 cm³/mol. The van der Waals surface area contributed by atoms with Gasteiger partial charge in [0, 0.05) is 11.3 Å². The van der Waals surface area contributed by atoms with Gasteiger partial charge in [-0.1, -0.05) is 13.8 Å². The van der Waals surface area contributed by atoms with Gasteiger partial charge in [0.25, 0.3) is 0 Å². The number of hydrogen-bond donors (Lipinski definition) is 3. The van der Waals surface area contributed by atoms with Crippen molar-refractivity contribution in [3.63, 3.8) is 0 Å². The van der Waals surface area contributed by atoms with E-state index in [4.69, 9.17) is 9.84 Å². The highest BCUT2D eigenvalue weighted by Gasteiger charge is 2.16. The van der Waals surface area contributed by atoms with Gasteiger partial charge in [-0.2, -0.15) is 0 Å². The van der Waals surface area contributed by atoms with Crippen LogP contribution in [0, 0.1) is 0 Å². The third-order valence-corrected chi connectivity index (χ3v) is 4.76. The average molecular weight is 473 g/mol. The summed E-state index contributed by atoms with van der Waals surface area (Å²) in [5, 5.41) is 21.6. The second kappa shape index (κ2) is 8.10. The highest BCUT2D eigenvalue weighted by atomic mass is 79.9. The molecule has 1 unspecified atom stereocenters. The number of aliphatic carboxylic acids is 1. The first-order valence-electron chi connectivity index (χ1n) is 7.68. The second-order valence-corrected chi connectivity index (χ2v) is 7.66. The number of phenolic OH excluding ortho intramolecular Hbond substituents is 1. The van der Waals surface area contributed by atoms with Gasteiger partial charge in [-0.25, -0.2) is 0 Å². The molecular weight excluding hydrogens is 454 g/mol. The summed E-state index contributed by atoms with van der Waals surface area (Å²) < 4.78 is 7.39. The Balaban J connectivity index is 2.34. The first kappa shape index (κ1) is 19.6. The minimum atomic E-state index is -0.932. The van der Waals surface area contributed by atoms with Crippen molar-refractivity contribution >= 4 is 43.5 Å². The Labute approximate surface area is 163 Å². The zero-order valence-corrected chi connectivity index (χ0v) is 17.2. The SMILES string of the molecule is CC(Nc1cc(Br)c(Oc2ccc(O)cc2C(C)C)c(Br)c1)C(=O)O. The van der Waals surface area contributed by atoms with Crippen LogP contribution in [-0.2, 0) is 4.79 Å². The van der Waals surface area contributed by atoms with Crippen molar-refractivity contribution in [2.45, 2.75) is 32.7 Å². The number of benzene rings is 2. The van der Waals surface area contributed by atoms with Crippen molar-refractivity contribution in [3.8, 4) is 17.2 Å². The van der Waals surface area contributed by atoms with Gasteiger partial charge in [0.2, 0.25) is 0 Å². The van der Waals surface area contributed by atoms with E-state index < -0.39 is 12.0 Å². The number of halogens is 2. The lowest BCUT2D eigenvalue weighted by Gasteiger charge is -2.18. The lowest BCUT2D eigenvalue weighted by atomic mass is 10.0. The normalized spacial score (nSPS) is 12.1. The molecule has 0 amide bonds. The topological polar surface area (TPSA) is 78.8 Å². The number of carbonyl (C=O) groups is 1. The summed E-state index contributed by atoms with van der Waals surface area (Å²) in [5.74, 6) is 0.654. The largest absolute Gasteiger partial charge is 0.508 e. The first-order chi connectivity index (χ1) is 11.7. The molecule has 0 aliphatic rings. The van der Waals surface area contributed by atoms with E-state index >= 15 is 0 Å². The van der Waals surface area contributed by atoms with Crippen LogP contribution in [0.3, 0.4) is 0 Å². The van der Waals surface area contributed by atoms with Crippen LogP contribution < -0.4 is 10.1 Å². The number of anilines is 1.